The maximum absolute atomic E-state index is 4.60. The average molecular weight is 364 g/mol. The first-order valence-electron chi connectivity index (χ1n) is 9.95. The lowest BCUT2D eigenvalue weighted by Gasteiger charge is -2.34. The summed E-state index contributed by atoms with van der Waals surface area (Å²) in [7, 11) is 0. The van der Waals surface area contributed by atoms with Gasteiger partial charge in [-0.15, -0.1) is 0 Å². The van der Waals surface area contributed by atoms with Crippen molar-refractivity contribution in [3.63, 3.8) is 0 Å². The number of aromatic nitrogens is 1. The van der Waals surface area contributed by atoms with Crippen molar-refractivity contribution in [2.75, 3.05) is 0 Å². The summed E-state index contributed by atoms with van der Waals surface area (Å²) in [5.41, 5.74) is 10.1. The van der Waals surface area contributed by atoms with Gasteiger partial charge in [-0.2, -0.15) is 5.10 Å². The minimum atomic E-state index is 0.507. The molecule has 0 amide bonds. The van der Waals surface area contributed by atoms with E-state index in [9.17, 15) is 0 Å². The molecule has 142 valence electrons. The Morgan fingerprint density at radius 3 is 2.85 bits per heavy atom. The minimum absolute atomic E-state index is 0.507. The Balaban J connectivity index is 1.52. The van der Waals surface area contributed by atoms with Gasteiger partial charge in [-0.05, 0) is 62.9 Å². The standard InChI is InChI=1S/C22H29N5/c1-14-4-7-21(16(3)26-14)24-12-17-5-6-19-13-25-27-22(20(19)11-17)18-8-9-23-15(2)10-18/h5-6,8-11,14,16,21,24-26H,4,7,12-13H2,1-3H3. The Hall–Kier alpha value is -2.24. The second-order valence-corrected chi connectivity index (χ2v) is 7.89. The molecule has 3 unspecified atom stereocenters. The Labute approximate surface area is 161 Å². The van der Waals surface area contributed by atoms with Crippen LogP contribution >= 0.6 is 0 Å². The van der Waals surface area contributed by atoms with Gasteiger partial charge in [-0.25, -0.2) is 0 Å². The van der Waals surface area contributed by atoms with Gasteiger partial charge in [0.1, 0.15) is 0 Å². The molecule has 1 aromatic carbocycles. The summed E-state index contributed by atoms with van der Waals surface area (Å²) < 4.78 is 0. The number of piperidine rings is 1. The van der Waals surface area contributed by atoms with Crippen LogP contribution in [0, 0.1) is 6.92 Å². The van der Waals surface area contributed by atoms with Crippen LogP contribution in [0.3, 0.4) is 0 Å². The van der Waals surface area contributed by atoms with Crippen LogP contribution in [-0.2, 0) is 13.1 Å². The van der Waals surface area contributed by atoms with Crippen molar-refractivity contribution in [3.8, 4) is 0 Å². The van der Waals surface area contributed by atoms with Crippen LogP contribution in [0.25, 0.3) is 0 Å². The van der Waals surface area contributed by atoms with Crippen molar-refractivity contribution >= 4 is 5.71 Å². The summed E-state index contributed by atoms with van der Waals surface area (Å²) in [6.45, 7) is 8.22. The molecule has 1 fully saturated rings. The van der Waals surface area contributed by atoms with Gasteiger partial charge in [0.25, 0.3) is 0 Å². The van der Waals surface area contributed by atoms with Gasteiger partial charge >= 0.3 is 0 Å². The molecule has 0 saturated carbocycles. The van der Waals surface area contributed by atoms with E-state index >= 15 is 0 Å². The second kappa shape index (κ2) is 7.79. The maximum atomic E-state index is 4.60. The first-order chi connectivity index (χ1) is 13.1. The van der Waals surface area contributed by atoms with Crippen LogP contribution in [0.2, 0.25) is 0 Å². The number of rotatable bonds is 4. The number of nitrogens with one attached hydrogen (secondary N) is 3. The highest BCUT2D eigenvalue weighted by molar-refractivity contribution is 6.14. The number of pyridine rings is 1. The van der Waals surface area contributed by atoms with Gasteiger partial charge in [0.05, 0.1) is 12.3 Å². The van der Waals surface area contributed by atoms with Crippen LogP contribution < -0.4 is 16.1 Å². The van der Waals surface area contributed by atoms with Gasteiger partial charge in [0.15, 0.2) is 0 Å². The molecule has 5 heteroatoms. The molecule has 3 N–H and O–H groups in total. The van der Waals surface area contributed by atoms with E-state index in [1.807, 2.05) is 19.2 Å². The van der Waals surface area contributed by atoms with E-state index in [2.05, 4.69) is 64.3 Å². The molecule has 4 rings (SSSR count). The predicted octanol–water partition coefficient (Wildman–Crippen LogP) is 2.86. The third-order valence-corrected chi connectivity index (χ3v) is 5.69. The van der Waals surface area contributed by atoms with Gasteiger partial charge in [-0.1, -0.05) is 12.1 Å². The SMILES string of the molecule is Cc1cc(C2=NNCc3ccc(CNC4CCC(C)NC4C)cc32)ccn1. The predicted molar refractivity (Wildman–Crippen MR) is 110 cm³/mol. The summed E-state index contributed by atoms with van der Waals surface area (Å²) in [6, 6.07) is 12.5. The molecular weight excluding hydrogens is 334 g/mol. The van der Waals surface area contributed by atoms with Crippen LogP contribution in [0.4, 0.5) is 0 Å². The lowest BCUT2D eigenvalue weighted by atomic mass is 9.93. The topological polar surface area (TPSA) is 61.3 Å². The Kier molecular flexibility index (Phi) is 5.23. The zero-order valence-corrected chi connectivity index (χ0v) is 16.4. The minimum Gasteiger partial charge on any atom is -0.310 e. The maximum Gasteiger partial charge on any atom is 0.0978 e. The van der Waals surface area contributed by atoms with E-state index in [1.54, 1.807) is 0 Å². The van der Waals surface area contributed by atoms with Crippen LogP contribution in [0.1, 0.15) is 54.6 Å². The lowest BCUT2D eigenvalue weighted by Crippen LogP contribution is -2.53. The molecule has 3 atom stereocenters. The van der Waals surface area contributed by atoms with Crippen molar-refractivity contribution in [2.24, 2.45) is 5.10 Å². The van der Waals surface area contributed by atoms with Crippen molar-refractivity contribution in [3.05, 3.63) is 64.5 Å². The molecule has 0 aliphatic carbocycles. The van der Waals surface area contributed by atoms with E-state index < -0.39 is 0 Å². The summed E-state index contributed by atoms with van der Waals surface area (Å²) in [5, 5.41) is 12.0. The number of fused-ring (bicyclic) bond motifs is 1. The van der Waals surface area contributed by atoms with E-state index in [0.29, 0.717) is 18.1 Å². The lowest BCUT2D eigenvalue weighted by molar-refractivity contribution is 0.272. The Bertz CT molecular complexity index is 844. The molecule has 0 bridgehead atoms. The molecule has 0 spiro atoms. The summed E-state index contributed by atoms with van der Waals surface area (Å²) in [5.74, 6) is 0. The fourth-order valence-electron chi connectivity index (χ4n) is 4.14. The van der Waals surface area contributed by atoms with Gasteiger partial charge < -0.3 is 16.1 Å². The molecule has 1 saturated heterocycles. The summed E-state index contributed by atoms with van der Waals surface area (Å²) >= 11 is 0. The quantitative estimate of drug-likeness (QED) is 0.782. The van der Waals surface area contributed by atoms with Gasteiger partial charge in [0.2, 0.25) is 0 Å². The van der Waals surface area contributed by atoms with Crippen molar-refractivity contribution < 1.29 is 0 Å². The molecule has 2 aliphatic heterocycles. The van der Waals surface area contributed by atoms with Gasteiger partial charge in [-0.3, -0.25) is 4.98 Å². The molecule has 3 heterocycles. The first-order valence-corrected chi connectivity index (χ1v) is 9.95. The molecule has 5 nitrogen and oxygen atoms in total. The number of hydrogen-bond acceptors (Lipinski definition) is 5. The van der Waals surface area contributed by atoms with Crippen LogP contribution in [-0.4, -0.2) is 28.8 Å². The number of aryl methyl sites for hydroxylation is 1. The Morgan fingerprint density at radius 1 is 1.15 bits per heavy atom. The first kappa shape index (κ1) is 18.1. The normalized spacial score (nSPS) is 24.7. The molecular formula is C22H29N5. The van der Waals surface area contributed by atoms with Crippen LogP contribution in [0.5, 0.6) is 0 Å². The molecule has 0 radical (unpaired) electrons. The highest BCUT2D eigenvalue weighted by atomic mass is 15.3. The number of hydrogen-bond donors (Lipinski definition) is 3. The van der Waals surface area contributed by atoms with Crippen molar-refractivity contribution in [1.29, 1.82) is 0 Å². The number of hydrazone groups is 1. The number of benzene rings is 1. The van der Waals surface area contributed by atoms with E-state index in [4.69, 9.17) is 0 Å². The highest BCUT2D eigenvalue weighted by Crippen LogP contribution is 2.21. The van der Waals surface area contributed by atoms with E-state index in [-0.39, 0.29) is 0 Å². The van der Waals surface area contributed by atoms with E-state index in [0.717, 1.165) is 30.1 Å². The van der Waals surface area contributed by atoms with Crippen molar-refractivity contribution in [2.45, 2.75) is 64.8 Å². The molecule has 27 heavy (non-hydrogen) atoms. The summed E-state index contributed by atoms with van der Waals surface area (Å²) in [4.78, 5) is 4.31. The third-order valence-electron chi connectivity index (χ3n) is 5.69. The zero-order chi connectivity index (χ0) is 18.8. The molecule has 2 aromatic rings. The fourth-order valence-corrected chi connectivity index (χ4v) is 4.14. The molecule has 1 aromatic heterocycles. The third kappa shape index (κ3) is 4.04. The largest absolute Gasteiger partial charge is 0.310 e. The summed E-state index contributed by atoms with van der Waals surface area (Å²) in [6.07, 6.45) is 4.31. The Morgan fingerprint density at radius 2 is 2.04 bits per heavy atom. The van der Waals surface area contributed by atoms with E-state index in [1.165, 1.54) is 29.5 Å². The fraction of sp³-hybridized carbons (Fsp3) is 0.455. The monoisotopic (exact) mass is 363 g/mol. The van der Waals surface area contributed by atoms with Gasteiger partial charge in [0, 0.05) is 47.7 Å². The second-order valence-electron chi connectivity index (χ2n) is 7.89. The highest BCUT2D eigenvalue weighted by Gasteiger charge is 2.24. The van der Waals surface area contributed by atoms with Crippen molar-refractivity contribution in [1.82, 2.24) is 21.0 Å². The molecule has 2 aliphatic rings. The number of nitrogens with zero attached hydrogens (tertiary/aromatic N) is 2. The average Bonchev–Trinajstić information content (AvgIpc) is 2.67. The zero-order valence-electron chi connectivity index (χ0n) is 16.4. The van der Waals surface area contributed by atoms with Crippen LogP contribution in [0.15, 0.2) is 41.6 Å². The smallest absolute Gasteiger partial charge is 0.0978 e.